The molecule has 1 aliphatic heterocycles. The van der Waals surface area contributed by atoms with E-state index >= 15 is 0 Å². The highest BCUT2D eigenvalue weighted by molar-refractivity contribution is 5.96. The standard InChI is InChI=1S/C26H32F3N3O3/c1-15-10-16(2)12-18(11-15)25(8-6-7-9-25)13-19-30-22(34)21(33)20-23(35)32(17(3)26(27,28)29)24(4,5)14-31(19)20/h10-12,17,33H,6-9,13-14H2,1-5H3. The molecule has 1 N–H and O–H groups in total. The smallest absolute Gasteiger partial charge is 0.408 e. The van der Waals surface area contributed by atoms with Crippen LogP contribution in [-0.4, -0.2) is 43.2 Å². The molecule has 4 rings (SSSR count). The summed E-state index contributed by atoms with van der Waals surface area (Å²) in [6, 6.07) is 4.28. The van der Waals surface area contributed by atoms with Crippen molar-refractivity contribution >= 4 is 5.91 Å². The molecule has 1 fully saturated rings. The number of aryl methyl sites for hydroxylation is 2. The van der Waals surface area contributed by atoms with Crippen molar-refractivity contribution in [2.75, 3.05) is 0 Å². The van der Waals surface area contributed by atoms with Gasteiger partial charge in [-0.05, 0) is 53.0 Å². The van der Waals surface area contributed by atoms with Crippen molar-refractivity contribution in [3.63, 3.8) is 0 Å². The number of fused-ring (bicyclic) bond motifs is 1. The number of alkyl halides is 3. The zero-order chi connectivity index (χ0) is 25.9. The van der Waals surface area contributed by atoms with E-state index in [1.807, 2.05) is 13.8 Å². The number of rotatable bonds is 4. The monoisotopic (exact) mass is 491 g/mol. The number of nitrogens with zero attached hydrogens (tertiary/aromatic N) is 3. The molecule has 0 saturated heterocycles. The maximum atomic E-state index is 13.6. The minimum Gasteiger partial charge on any atom is -0.501 e. The van der Waals surface area contributed by atoms with Crippen LogP contribution in [0.4, 0.5) is 13.2 Å². The topological polar surface area (TPSA) is 75.4 Å². The van der Waals surface area contributed by atoms with Gasteiger partial charge in [0.2, 0.25) is 5.75 Å². The van der Waals surface area contributed by atoms with E-state index in [1.165, 1.54) is 4.57 Å². The zero-order valence-corrected chi connectivity index (χ0v) is 20.8. The number of hydrogen-bond donors (Lipinski definition) is 1. The van der Waals surface area contributed by atoms with Crippen LogP contribution < -0.4 is 5.56 Å². The molecule has 6 nitrogen and oxygen atoms in total. The summed E-state index contributed by atoms with van der Waals surface area (Å²) in [6.45, 7) is 8.08. The van der Waals surface area contributed by atoms with Gasteiger partial charge >= 0.3 is 11.7 Å². The SMILES string of the molecule is Cc1cc(C)cc(C2(Cc3nc(=O)c(O)c4n3CC(C)(C)N(C(C)C(F)(F)F)C4=O)CCCC2)c1. The first-order chi connectivity index (χ1) is 16.2. The highest BCUT2D eigenvalue weighted by atomic mass is 19.4. The first kappa shape index (κ1) is 25.3. The van der Waals surface area contributed by atoms with E-state index in [2.05, 4.69) is 23.2 Å². The second-order valence-electron chi connectivity index (χ2n) is 10.9. The van der Waals surface area contributed by atoms with Gasteiger partial charge in [0.25, 0.3) is 5.91 Å². The fraction of sp³-hybridized carbons (Fsp3) is 0.577. The summed E-state index contributed by atoms with van der Waals surface area (Å²) in [5, 5.41) is 10.5. The fourth-order valence-corrected chi connectivity index (χ4v) is 6.01. The minimum atomic E-state index is -4.65. The third-order valence-electron chi connectivity index (χ3n) is 7.61. The molecule has 1 unspecified atom stereocenters. The minimum absolute atomic E-state index is 0.0202. The summed E-state index contributed by atoms with van der Waals surface area (Å²) in [7, 11) is 0. The zero-order valence-electron chi connectivity index (χ0n) is 20.8. The first-order valence-corrected chi connectivity index (χ1v) is 12.0. The van der Waals surface area contributed by atoms with Gasteiger partial charge in [0.05, 0.1) is 5.54 Å². The molecule has 2 heterocycles. The van der Waals surface area contributed by atoms with E-state index in [-0.39, 0.29) is 12.0 Å². The Labute approximate surface area is 202 Å². The molecule has 1 atom stereocenters. The third kappa shape index (κ3) is 4.34. The fourth-order valence-electron chi connectivity index (χ4n) is 6.01. The summed E-state index contributed by atoms with van der Waals surface area (Å²) in [5.74, 6) is -1.60. The van der Waals surface area contributed by atoms with Crippen molar-refractivity contribution in [3.05, 3.63) is 56.8 Å². The number of halogens is 3. The first-order valence-electron chi connectivity index (χ1n) is 12.0. The van der Waals surface area contributed by atoms with Crippen LogP contribution in [0.2, 0.25) is 0 Å². The Morgan fingerprint density at radius 3 is 2.20 bits per heavy atom. The number of benzene rings is 1. The average Bonchev–Trinajstić information content (AvgIpc) is 3.19. The molecule has 35 heavy (non-hydrogen) atoms. The number of amides is 1. The normalized spacial score (nSPS) is 20.1. The molecule has 190 valence electrons. The molecule has 1 aromatic heterocycles. The van der Waals surface area contributed by atoms with E-state index in [1.54, 1.807) is 13.8 Å². The van der Waals surface area contributed by atoms with Crippen molar-refractivity contribution in [2.24, 2.45) is 0 Å². The molecule has 1 aliphatic carbocycles. The molecule has 1 aromatic carbocycles. The average molecular weight is 492 g/mol. The lowest BCUT2D eigenvalue weighted by Crippen LogP contribution is -2.62. The molecule has 9 heteroatoms. The van der Waals surface area contributed by atoms with Gasteiger partial charge in [0.1, 0.15) is 11.9 Å². The van der Waals surface area contributed by atoms with Crippen molar-refractivity contribution in [2.45, 2.75) is 96.4 Å². The summed E-state index contributed by atoms with van der Waals surface area (Å²) in [4.78, 5) is 30.9. The van der Waals surface area contributed by atoms with Crippen molar-refractivity contribution in [1.82, 2.24) is 14.5 Å². The highest BCUT2D eigenvalue weighted by Gasteiger charge is 2.51. The van der Waals surface area contributed by atoms with Crippen molar-refractivity contribution in [3.8, 4) is 5.75 Å². The predicted octanol–water partition coefficient (Wildman–Crippen LogP) is 4.81. The van der Waals surface area contributed by atoms with Gasteiger partial charge in [0, 0.05) is 18.4 Å². The van der Waals surface area contributed by atoms with Crippen LogP contribution in [0.25, 0.3) is 0 Å². The third-order valence-corrected chi connectivity index (χ3v) is 7.61. The second-order valence-corrected chi connectivity index (χ2v) is 10.9. The molecule has 2 aliphatic rings. The van der Waals surface area contributed by atoms with Gasteiger partial charge in [-0.15, -0.1) is 0 Å². The largest absolute Gasteiger partial charge is 0.501 e. The Morgan fingerprint density at radius 2 is 1.66 bits per heavy atom. The molecular weight excluding hydrogens is 459 g/mol. The lowest BCUT2D eigenvalue weighted by atomic mass is 9.75. The van der Waals surface area contributed by atoms with Crippen LogP contribution >= 0.6 is 0 Å². The van der Waals surface area contributed by atoms with Crippen LogP contribution in [0.15, 0.2) is 23.0 Å². The predicted molar refractivity (Wildman–Crippen MR) is 126 cm³/mol. The maximum Gasteiger partial charge on any atom is 0.408 e. The van der Waals surface area contributed by atoms with Gasteiger partial charge in [-0.3, -0.25) is 9.59 Å². The van der Waals surface area contributed by atoms with Crippen LogP contribution in [0.1, 0.15) is 79.5 Å². The Balaban J connectivity index is 1.87. The van der Waals surface area contributed by atoms with Gasteiger partial charge in [-0.25, -0.2) is 0 Å². The Bertz CT molecular complexity index is 1210. The molecule has 0 bridgehead atoms. The number of carbonyl (C=O) groups excluding carboxylic acids is 1. The number of carbonyl (C=O) groups is 1. The van der Waals surface area contributed by atoms with E-state index in [4.69, 9.17) is 0 Å². The van der Waals surface area contributed by atoms with Gasteiger partial charge in [-0.1, -0.05) is 42.2 Å². The Hall–Kier alpha value is -2.84. The molecule has 1 saturated carbocycles. The van der Waals surface area contributed by atoms with Crippen molar-refractivity contribution in [1.29, 1.82) is 0 Å². The van der Waals surface area contributed by atoms with E-state index in [9.17, 15) is 27.9 Å². The van der Waals surface area contributed by atoms with Gasteiger partial charge in [-0.2, -0.15) is 18.2 Å². The van der Waals surface area contributed by atoms with Crippen LogP contribution in [0, 0.1) is 13.8 Å². The molecule has 2 aromatic rings. The summed E-state index contributed by atoms with van der Waals surface area (Å²) < 4.78 is 42.3. The lowest BCUT2D eigenvalue weighted by Gasteiger charge is -2.47. The molecule has 0 radical (unpaired) electrons. The van der Waals surface area contributed by atoms with Crippen LogP contribution in [0.3, 0.4) is 0 Å². The van der Waals surface area contributed by atoms with Gasteiger partial charge < -0.3 is 14.6 Å². The maximum absolute atomic E-state index is 13.6. The Kier molecular flexibility index (Phi) is 6.05. The molecule has 0 spiro atoms. The summed E-state index contributed by atoms with van der Waals surface area (Å²) >= 11 is 0. The summed E-state index contributed by atoms with van der Waals surface area (Å²) in [6.07, 6.45) is -0.547. The lowest BCUT2D eigenvalue weighted by molar-refractivity contribution is -0.184. The van der Waals surface area contributed by atoms with E-state index in [0.717, 1.165) is 54.2 Å². The van der Waals surface area contributed by atoms with Crippen LogP contribution in [-0.2, 0) is 18.4 Å². The summed E-state index contributed by atoms with van der Waals surface area (Å²) in [5.41, 5.74) is 0.445. The van der Waals surface area contributed by atoms with E-state index in [0.29, 0.717) is 12.2 Å². The second kappa shape index (κ2) is 8.38. The van der Waals surface area contributed by atoms with E-state index < -0.39 is 40.7 Å². The van der Waals surface area contributed by atoms with Gasteiger partial charge in [0.15, 0.2) is 5.69 Å². The number of aromatic nitrogens is 2. The highest BCUT2D eigenvalue weighted by Crippen LogP contribution is 2.45. The molecular formula is C26H32F3N3O3. The quantitative estimate of drug-likeness (QED) is 0.666. The number of aromatic hydroxyl groups is 1. The molecule has 1 amide bonds. The van der Waals surface area contributed by atoms with Crippen LogP contribution in [0.5, 0.6) is 5.75 Å². The number of hydrogen-bond acceptors (Lipinski definition) is 4. The van der Waals surface area contributed by atoms with Crippen molar-refractivity contribution < 1.29 is 23.1 Å². The Morgan fingerprint density at radius 1 is 1.09 bits per heavy atom.